The van der Waals surface area contributed by atoms with E-state index >= 15 is 0 Å². The van der Waals surface area contributed by atoms with Crippen molar-refractivity contribution < 1.29 is 24.2 Å². The number of carbonyl (C=O) groups is 3. The maximum absolute atomic E-state index is 14.0. The van der Waals surface area contributed by atoms with Crippen molar-refractivity contribution in [3.8, 4) is 16.9 Å². The molecule has 1 aromatic heterocycles. The lowest BCUT2D eigenvalue weighted by Gasteiger charge is -2.24. The lowest BCUT2D eigenvalue weighted by Crippen LogP contribution is -2.35. The number of pyridine rings is 1. The van der Waals surface area contributed by atoms with E-state index in [1.807, 2.05) is 73.7 Å². The molecule has 216 valence electrons. The highest BCUT2D eigenvalue weighted by Crippen LogP contribution is 2.29. The van der Waals surface area contributed by atoms with E-state index in [0.29, 0.717) is 47.5 Å². The van der Waals surface area contributed by atoms with E-state index in [9.17, 15) is 19.5 Å². The molecule has 8 nitrogen and oxygen atoms in total. The topological polar surface area (TPSA) is 100 Å². The predicted octanol–water partition coefficient (Wildman–Crippen LogP) is 5.50. The molecule has 0 fully saturated rings. The van der Waals surface area contributed by atoms with Crippen LogP contribution in [0.15, 0.2) is 91.0 Å². The number of amides is 2. The number of carboxylic acids is 1. The molecule has 0 bridgehead atoms. The van der Waals surface area contributed by atoms with Gasteiger partial charge >= 0.3 is 5.97 Å². The molecule has 42 heavy (non-hydrogen) atoms. The Labute approximate surface area is 246 Å². The minimum atomic E-state index is -0.982. The van der Waals surface area contributed by atoms with Gasteiger partial charge in [0.05, 0.1) is 25.8 Å². The molecular weight excluding hydrogens is 530 g/mol. The zero-order valence-electron chi connectivity index (χ0n) is 24.1. The van der Waals surface area contributed by atoms with E-state index in [0.717, 1.165) is 17.0 Å². The number of ether oxygens (including phenoxy) is 1. The summed E-state index contributed by atoms with van der Waals surface area (Å²) in [5, 5.41) is 9.37. The van der Waals surface area contributed by atoms with Gasteiger partial charge in [-0.2, -0.15) is 0 Å². The summed E-state index contributed by atoms with van der Waals surface area (Å²) in [6.07, 6.45) is 0.344. The van der Waals surface area contributed by atoms with Gasteiger partial charge in [-0.3, -0.25) is 19.4 Å². The molecule has 3 aromatic carbocycles. The fraction of sp³-hybridized carbons (Fsp3) is 0.235. The summed E-state index contributed by atoms with van der Waals surface area (Å²) in [5.74, 6) is -0.763. The molecular formula is C34H35N3O5. The van der Waals surface area contributed by atoms with Gasteiger partial charge in [-0.25, -0.2) is 0 Å². The van der Waals surface area contributed by atoms with E-state index in [4.69, 9.17) is 4.74 Å². The molecule has 0 saturated heterocycles. The van der Waals surface area contributed by atoms with Gasteiger partial charge in [-0.05, 0) is 66.4 Å². The van der Waals surface area contributed by atoms with Crippen molar-refractivity contribution in [2.45, 2.75) is 26.3 Å². The molecule has 0 unspecified atom stereocenters. The Hall–Kier alpha value is -4.98. The molecule has 0 aliphatic heterocycles. The molecule has 8 heteroatoms. The summed E-state index contributed by atoms with van der Waals surface area (Å²) in [4.78, 5) is 46.8. The number of nitrogens with zero attached hydrogens (tertiary/aromatic N) is 3. The molecule has 4 rings (SSSR count). The zero-order chi connectivity index (χ0) is 30.1. The third kappa shape index (κ3) is 7.60. The van der Waals surface area contributed by atoms with Crippen LogP contribution in [0.1, 0.15) is 44.1 Å². The summed E-state index contributed by atoms with van der Waals surface area (Å²) in [6, 6.07) is 27.6. The number of aromatic nitrogens is 1. The van der Waals surface area contributed by atoms with E-state index < -0.39 is 5.97 Å². The number of carboxylic acid groups (broad SMARTS) is 1. The van der Waals surface area contributed by atoms with Crippen LogP contribution in [0.2, 0.25) is 0 Å². The molecule has 1 heterocycles. The quantitative estimate of drug-likeness (QED) is 0.244. The average Bonchev–Trinajstić information content (AvgIpc) is 3.00. The largest absolute Gasteiger partial charge is 0.497 e. The summed E-state index contributed by atoms with van der Waals surface area (Å²) in [7, 11) is 3.32. The first-order valence-corrected chi connectivity index (χ1v) is 13.8. The molecule has 0 aliphatic carbocycles. The van der Waals surface area contributed by atoms with Gasteiger partial charge in [0.15, 0.2) is 0 Å². The van der Waals surface area contributed by atoms with Crippen molar-refractivity contribution in [1.82, 2.24) is 14.8 Å². The van der Waals surface area contributed by atoms with Crippen molar-refractivity contribution in [1.29, 1.82) is 0 Å². The summed E-state index contributed by atoms with van der Waals surface area (Å²) < 4.78 is 5.32. The van der Waals surface area contributed by atoms with Crippen molar-refractivity contribution in [2.75, 3.05) is 27.2 Å². The van der Waals surface area contributed by atoms with Crippen molar-refractivity contribution in [3.63, 3.8) is 0 Å². The van der Waals surface area contributed by atoms with Gasteiger partial charge in [-0.15, -0.1) is 0 Å². The van der Waals surface area contributed by atoms with E-state index in [2.05, 4.69) is 4.98 Å². The summed E-state index contributed by atoms with van der Waals surface area (Å²) in [5.41, 5.74) is 4.72. The van der Waals surface area contributed by atoms with Crippen molar-refractivity contribution >= 4 is 17.8 Å². The van der Waals surface area contributed by atoms with Crippen molar-refractivity contribution in [3.05, 3.63) is 119 Å². The van der Waals surface area contributed by atoms with Crippen LogP contribution in [0, 0.1) is 6.92 Å². The number of rotatable bonds is 12. The van der Waals surface area contributed by atoms with Gasteiger partial charge in [0, 0.05) is 37.0 Å². The number of benzene rings is 3. The zero-order valence-corrected chi connectivity index (χ0v) is 24.1. The van der Waals surface area contributed by atoms with Crippen LogP contribution >= 0.6 is 0 Å². The van der Waals surface area contributed by atoms with E-state index in [1.54, 1.807) is 48.2 Å². The Kier molecular flexibility index (Phi) is 10.1. The molecule has 0 spiro atoms. The monoisotopic (exact) mass is 565 g/mol. The van der Waals surface area contributed by atoms with Crippen LogP contribution in [-0.4, -0.2) is 64.9 Å². The van der Waals surface area contributed by atoms with Gasteiger partial charge in [0.1, 0.15) is 5.75 Å². The van der Waals surface area contributed by atoms with E-state index in [-0.39, 0.29) is 24.8 Å². The van der Waals surface area contributed by atoms with Crippen molar-refractivity contribution in [2.24, 2.45) is 0 Å². The SMILES string of the molecule is COc1cccc(CCN(CCC(=O)O)C(=O)c2ccccc2-c2ccccc2C(=O)N(C)Cc2cccc(C)n2)c1. The highest BCUT2D eigenvalue weighted by molar-refractivity contribution is 6.06. The lowest BCUT2D eigenvalue weighted by molar-refractivity contribution is -0.137. The minimum Gasteiger partial charge on any atom is -0.497 e. The normalized spacial score (nSPS) is 10.6. The maximum Gasteiger partial charge on any atom is 0.305 e. The van der Waals surface area contributed by atoms with Crippen LogP contribution in [0.5, 0.6) is 5.75 Å². The smallest absolute Gasteiger partial charge is 0.305 e. The highest BCUT2D eigenvalue weighted by atomic mass is 16.5. The highest BCUT2D eigenvalue weighted by Gasteiger charge is 2.24. The first kappa shape index (κ1) is 30.0. The maximum atomic E-state index is 14.0. The third-order valence-corrected chi connectivity index (χ3v) is 6.98. The minimum absolute atomic E-state index is 0.0548. The first-order chi connectivity index (χ1) is 20.3. The predicted molar refractivity (Wildman–Crippen MR) is 162 cm³/mol. The molecule has 0 atom stereocenters. The first-order valence-electron chi connectivity index (χ1n) is 13.8. The number of aryl methyl sites for hydroxylation is 1. The Morgan fingerprint density at radius 2 is 1.45 bits per heavy atom. The fourth-order valence-corrected chi connectivity index (χ4v) is 4.82. The van der Waals surface area contributed by atoms with Crippen LogP contribution in [0.25, 0.3) is 11.1 Å². The van der Waals surface area contributed by atoms with Crippen LogP contribution in [0.4, 0.5) is 0 Å². The Bertz CT molecular complexity index is 1570. The Balaban J connectivity index is 1.63. The number of aliphatic carboxylic acids is 1. The number of methoxy groups -OCH3 is 1. The Morgan fingerprint density at radius 3 is 2.10 bits per heavy atom. The second kappa shape index (κ2) is 14.1. The van der Waals surface area contributed by atoms with Gasteiger partial charge in [0.25, 0.3) is 11.8 Å². The van der Waals surface area contributed by atoms with Gasteiger partial charge in [0.2, 0.25) is 0 Å². The van der Waals surface area contributed by atoms with Crippen LogP contribution < -0.4 is 4.74 Å². The second-order valence-corrected chi connectivity index (χ2v) is 10.1. The molecule has 0 saturated carbocycles. The molecule has 4 aromatic rings. The second-order valence-electron chi connectivity index (χ2n) is 10.1. The number of hydrogen-bond acceptors (Lipinski definition) is 5. The van der Waals surface area contributed by atoms with Gasteiger partial charge in [-0.1, -0.05) is 54.6 Å². The average molecular weight is 566 g/mol. The fourth-order valence-electron chi connectivity index (χ4n) is 4.82. The lowest BCUT2D eigenvalue weighted by atomic mass is 9.94. The molecule has 2 amide bonds. The third-order valence-electron chi connectivity index (χ3n) is 6.98. The van der Waals surface area contributed by atoms with E-state index in [1.165, 1.54) is 0 Å². The summed E-state index contributed by atoms with van der Waals surface area (Å²) >= 11 is 0. The number of hydrogen-bond donors (Lipinski definition) is 1. The molecule has 0 radical (unpaired) electrons. The molecule has 0 aliphatic rings. The van der Waals surface area contributed by atoms with Gasteiger partial charge < -0.3 is 19.6 Å². The molecule has 1 N–H and O–H groups in total. The Morgan fingerprint density at radius 1 is 0.810 bits per heavy atom. The standard InChI is InChI=1S/C34H35N3O5/c1-24-10-8-12-26(35-24)23-36(2)33(40)30-16-6-4-14-28(30)29-15-5-7-17-31(29)34(41)37(21-19-32(38)39)20-18-25-11-9-13-27(22-25)42-3/h4-17,22H,18-21,23H2,1-3H3,(H,38,39). The summed E-state index contributed by atoms with van der Waals surface area (Å²) in [6.45, 7) is 2.62. The van der Waals surface area contributed by atoms with Crippen LogP contribution in [0.3, 0.4) is 0 Å². The number of carbonyl (C=O) groups excluding carboxylic acids is 2. The van der Waals surface area contributed by atoms with Crippen LogP contribution in [-0.2, 0) is 17.8 Å².